The number of rotatable bonds is 7. The summed E-state index contributed by atoms with van der Waals surface area (Å²) in [5.41, 5.74) is 1.61. The first kappa shape index (κ1) is 19.1. The van der Waals surface area contributed by atoms with Gasteiger partial charge >= 0.3 is 5.97 Å². The molecule has 0 atom stereocenters. The van der Waals surface area contributed by atoms with Crippen molar-refractivity contribution in [1.82, 2.24) is 10.2 Å². The molecule has 8 heteroatoms. The number of nitrogens with zero attached hydrogens (tertiary/aromatic N) is 2. The minimum Gasteiger partial charge on any atom is -0.497 e. The van der Waals surface area contributed by atoms with Crippen LogP contribution in [0.2, 0.25) is 0 Å². The number of carbonyl (C=O) groups is 2. The van der Waals surface area contributed by atoms with Crippen LogP contribution in [0.4, 0.5) is 5.69 Å². The number of nitrogens with one attached hydrogen (secondary N) is 1. The lowest BCUT2D eigenvalue weighted by molar-refractivity contribution is -0.116. The Morgan fingerprint density at radius 3 is 2.68 bits per heavy atom. The fraction of sp³-hybridized carbons (Fsp3) is 0.200. The van der Waals surface area contributed by atoms with E-state index < -0.39 is 5.97 Å². The van der Waals surface area contributed by atoms with Gasteiger partial charge in [0.25, 0.3) is 0 Å². The Labute approximate surface area is 161 Å². The fourth-order valence-corrected chi connectivity index (χ4v) is 2.51. The number of esters is 1. The molecular formula is C20H19N3O5. The quantitative estimate of drug-likeness (QED) is 0.627. The number of ether oxygens (including phenoxy) is 2. The van der Waals surface area contributed by atoms with Crippen LogP contribution in [0.15, 0.2) is 52.9 Å². The van der Waals surface area contributed by atoms with E-state index in [2.05, 4.69) is 20.3 Å². The van der Waals surface area contributed by atoms with Gasteiger partial charge in [-0.05, 0) is 36.4 Å². The Balaban J connectivity index is 1.58. The normalized spacial score (nSPS) is 10.4. The Kier molecular flexibility index (Phi) is 6.01. The molecule has 0 saturated heterocycles. The number of methoxy groups -OCH3 is 2. The average Bonchev–Trinajstić information content (AvgIpc) is 3.21. The minimum atomic E-state index is -0.466. The lowest BCUT2D eigenvalue weighted by Gasteiger charge is -2.06. The zero-order valence-corrected chi connectivity index (χ0v) is 15.5. The van der Waals surface area contributed by atoms with E-state index in [-0.39, 0.29) is 12.3 Å². The summed E-state index contributed by atoms with van der Waals surface area (Å²) in [5, 5.41) is 10.7. The fourth-order valence-electron chi connectivity index (χ4n) is 2.51. The van der Waals surface area contributed by atoms with Crippen molar-refractivity contribution >= 4 is 17.6 Å². The molecule has 8 nitrogen and oxygen atoms in total. The van der Waals surface area contributed by atoms with Gasteiger partial charge in [0, 0.05) is 24.1 Å². The van der Waals surface area contributed by atoms with Crippen molar-refractivity contribution in [2.24, 2.45) is 0 Å². The second-order valence-electron chi connectivity index (χ2n) is 5.85. The molecule has 1 aromatic heterocycles. The molecule has 0 fully saturated rings. The molecule has 0 radical (unpaired) electrons. The maximum atomic E-state index is 12.2. The number of amides is 1. The summed E-state index contributed by atoms with van der Waals surface area (Å²) in [6.45, 7) is 0. The van der Waals surface area contributed by atoms with Gasteiger partial charge in [0.15, 0.2) is 0 Å². The average molecular weight is 381 g/mol. The topological polar surface area (TPSA) is 104 Å². The molecule has 0 unspecified atom stereocenters. The van der Waals surface area contributed by atoms with Gasteiger partial charge in [0.05, 0.1) is 19.8 Å². The highest BCUT2D eigenvalue weighted by atomic mass is 16.5. The molecule has 0 aliphatic heterocycles. The lowest BCUT2D eigenvalue weighted by Crippen LogP contribution is -2.13. The number of anilines is 1. The molecule has 28 heavy (non-hydrogen) atoms. The monoisotopic (exact) mass is 381 g/mol. The summed E-state index contributed by atoms with van der Waals surface area (Å²) in [6.07, 6.45) is 0.446. The van der Waals surface area contributed by atoms with Crippen LogP contribution in [-0.4, -0.2) is 36.3 Å². The van der Waals surface area contributed by atoms with Crippen LogP contribution in [-0.2, 0) is 16.0 Å². The molecule has 0 bridgehead atoms. The summed E-state index contributed by atoms with van der Waals surface area (Å²) in [5.74, 6) is 0.706. The van der Waals surface area contributed by atoms with Gasteiger partial charge in [-0.2, -0.15) is 0 Å². The largest absolute Gasteiger partial charge is 0.497 e. The highest BCUT2D eigenvalue weighted by Crippen LogP contribution is 2.23. The zero-order chi connectivity index (χ0) is 19.9. The molecule has 2 aromatic carbocycles. The van der Waals surface area contributed by atoms with Crippen LogP contribution in [0.25, 0.3) is 11.5 Å². The molecule has 3 rings (SSSR count). The number of carbonyl (C=O) groups excluding carboxylic acids is 2. The highest BCUT2D eigenvalue weighted by Gasteiger charge is 2.12. The lowest BCUT2D eigenvalue weighted by atomic mass is 10.2. The van der Waals surface area contributed by atoms with Gasteiger partial charge in [-0.25, -0.2) is 4.79 Å². The van der Waals surface area contributed by atoms with Crippen molar-refractivity contribution in [2.75, 3.05) is 19.5 Å². The van der Waals surface area contributed by atoms with E-state index in [0.717, 1.165) is 5.56 Å². The second kappa shape index (κ2) is 8.81. The van der Waals surface area contributed by atoms with Crippen LogP contribution in [0.3, 0.4) is 0 Å². The van der Waals surface area contributed by atoms with Gasteiger partial charge in [-0.15, -0.1) is 10.2 Å². The van der Waals surface area contributed by atoms with Crippen molar-refractivity contribution in [3.8, 4) is 17.2 Å². The highest BCUT2D eigenvalue weighted by molar-refractivity contribution is 5.94. The van der Waals surface area contributed by atoms with Crippen LogP contribution in [0, 0.1) is 0 Å². The Bertz CT molecular complexity index is 983. The third-order valence-corrected chi connectivity index (χ3v) is 3.92. The van der Waals surface area contributed by atoms with E-state index >= 15 is 0 Å². The van der Waals surface area contributed by atoms with Crippen LogP contribution in [0.1, 0.15) is 22.7 Å². The van der Waals surface area contributed by atoms with Gasteiger partial charge in [-0.1, -0.05) is 12.1 Å². The van der Waals surface area contributed by atoms with Gasteiger partial charge in [0.1, 0.15) is 5.75 Å². The first-order chi connectivity index (χ1) is 13.6. The first-order valence-corrected chi connectivity index (χ1v) is 8.54. The minimum absolute atomic E-state index is 0.155. The number of benzene rings is 2. The Morgan fingerprint density at radius 2 is 1.89 bits per heavy atom. The third-order valence-electron chi connectivity index (χ3n) is 3.92. The van der Waals surface area contributed by atoms with Crippen molar-refractivity contribution in [1.29, 1.82) is 0 Å². The predicted molar refractivity (Wildman–Crippen MR) is 101 cm³/mol. The van der Waals surface area contributed by atoms with Gasteiger partial charge in [0.2, 0.25) is 17.7 Å². The van der Waals surface area contributed by atoms with E-state index in [9.17, 15) is 9.59 Å². The number of hydrogen-bond acceptors (Lipinski definition) is 7. The summed E-state index contributed by atoms with van der Waals surface area (Å²) in [6, 6.07) is 13.8. The maximum absolute atomic E-state index is 12.2. The third kappa shape index (κ3) is 4.73. The number of hydrogen-bond donors (Lipinski definition) is 1. The molecule has 1 heterocycles. The molecule has 1 amide bonds. The zero-order valence-electron chi connectivity index (χ0n) is 15.5. The van der Waals surface area contributed by atoms with Crippen molar-refractivity contribution in [2.45, 2.75) is 12.8 Å². The van der Waals surface area contributed by atoms with E-state index in [1.807, 2.05) is 18.2 Å². The maximum Gasteiger partial charge on any atom is 0.337 e. The van der Waals surface area contributed by atoms with E-state index in [4.69, 9.17) is 9.15 Å². The van der Waals surface area contributed by atoms with Gasteiger partial charge < -0.3 is 19.2 Å². The second-order valence-corrected chi connectivity index (χ2v) is 5.85. The predicted octanol–water partition coefficient (Wildman–Crippen LogP) is 3.10. The summed E-state index contributed by atoms with van der Waals surface area (Å²) >= 11 is 0. The molecule has 144 valence electrons. The van der Waals surface area contributed by atoms with Crippen LogP contribution >= 0.6 is 0 Å². The van der Waals surface area contributed by atoms with E-state index in [1.165, 1.54) is 7.11 Å². The van der Waals surface area contributed by atoms with Crippen molar-refractivity contribution < 1.29 is 23.5 Å². The SMILES string of the molecule is COC(=O)c1cccc(NC(=O)CCc2nnc(-c3cccc(OC)c3)o2)c1. The smallest absolute Gasteiger partial charge is 0.337 e. The van der Waals surface area contributed by atoms with E-state index in [1.54, 1.807) is 37.4 Å². The standard InChI is InChI=1S/C20H19N3O5/c1-26-16-8-4-5-13(12-16)19-23-22-18(28-19)10-9-17(24)21-15-7-3-6-14(11-15)20(25)27-2/h3-8,11-12H,9-10H2,1-2H3,(H,21,24). The number of aromatic nitrogens is 2. The molecule has 3 aromatic rings. The van der Waals surface area contributed by atoms with Crippen molar-refractivity contribution in [3.05, 3.63) is 60.0 Å². The molecule has 0 spiro atoms. The van der Waals surface area contributed by atoms with Gasteiger partial charge in [-0.3, -0.25) is 4.79 Å². The molecular weight excluding hydrogens is 362 g/mol. The van der Waals surface area contributed by atoms with Crippen LogP contribution in [0.5, 0.6) is 5.75 Å². The summed E-state index contributed by atoms with van der Waals surface area (Å²) < 4.78 is 15.5. The summed E-state index contributed by atoms with van der Waals surface area (Å²) in [7, 11) is 2.88. The molecule has 1 N–H and O–H groups in total. The Hall–Kier alpha value is -3.68. The molecule has 0 aliphatic carbocycles. The summed E-state index contributed by atoms with van der Waals surface area (Å²) in [4.78, 5) is 23.7. The first-order valence-electron chi connectivity index (χ1n) is 8.54. The van der Waals surface area contributed by atoms with E-state index in [0.29, 0.717) is 35.2 Å². The number of aryl methyl sites for hydroxylation is 1. The van der Waals surface area contributed by atoms with Crippen molar-refractivity contribution in [3.63, 3.8) is 0 Å². The molecule has 0 aliphatic rings. The molecule has 0 saturated carbocycles. The van der Waals surface area contributed by atoms with Crippen LogP contribution < -0.4 is 10.1 Å². The Morgan fingerprint density at radius 1 is 1.07 bits per heavy atom.